The smallest absolute Gasteiger partial charge is 0.573 e. The van der Waals surface area contributed by atoms with Crippen LogP contribution in [0.5, 0.6) is 5.75 Å². The zero-order valence-corrected chi connectivity index (χ0v) is 10.7. The number of carbonyl (C=O) groups excluding carboxylic acids is 2. The monoisotopic (exact) mass is 307 g/mol. The molecule has 2 rings (SSSR count). The molecule has 1 fully saturated rings. The number of hydrogen-bond acceptors (Lipinski definition) is 4. The van der Waals surface area contributed by atoms with Crippen molar-refractivity contribution >= 4 is 22.3 Å². The largest absolute Gasteiger partial charge is 0.607 e. The Balaban J connectivity index is 2.04. The van der Waals surface area contributed by atoms with E-state index in [0.717, 1.165) is 17.0 Å². The number of imide groups is 1. The highest BCUT2D eigenvalue weighted by Gasteiger charge is 2.42. The third kappa shape index (κ3) is 3.42. The zero-order chi connectivity index (χ0) is 14.9. The van der Waals surface area contributed by atoms with Gasteiger partial charge < -0.3 is 9.29 Å². The van der Waals surface area contributed by atoms with Crippen molar-refractivity contribution in [2.75, 3.05) is 5.75 Å². The van der Waals surface area contributed by atoms with E-state index >= 15 is 0 Å². The Morgan fingerprint density at radius 1 is 1.25 bits per heavy atom. The fraction of sp³-hybridized carbons (Fsp3) is 0.273. The molecule has 108 valence electrons. The van der Waals surface area contributed by atoms with Gasteiger partial charge in [-0.1, -0.05) is 12.1 Å². The van der Waals surface area contributed by atoms with E-state index in [0.29, 0.717) is 5.56 Å². The number of benzene rings is 1. The molecule has 20 heavy (non-hydrogen) atoms. The van der Waals surface area contributed by atoms with Gasteiger partial charge in [0.15, 0.2) is 5.75 Å². The lowest BCUT2D eigenvalue weighted by atomic mass is 10.2. The summed E-state index contributed by atoms with van der Waals surface area (Å²) in [6, 6.07) is 4.74. The van der Waals surface area contributed by atoms with Crippen molar-refractivity contribution in [3.8, 4) is 5.75 Å². The summed E-state index contributed by atoms with van der Waals surface area (Å²) in [4.78, 5) is 23.6. The van der Waals surface area contributed by atoms with Crippen LogP contribution in [0.15, 0.2) is 24.3 Å². The molecule has 0 spiro atoms. The summed E-state index contributed by atoms with van der Waals surface area (Å²) in [5.41, 5.74) is 0.431. The summed E-state index contributed by atoms with van der Waals surface area (Å²) in [5.74, 6) is -1.32. The highest BCUT2D eigenvalue weighted by Crippen LogP contribution is 2.24. The second-order valence-corrected chi connectivity index (χ2v) is 5.26. The highest BCUT2D eigenvalue weighted by molar-refractivity contribution is 8.07. The fourth-order valence-corrected chi connectivity index (χ4v) is 2.52. The topological polar surface area (TPSA) is 69.7 Å². The lowest BCUT2D eigenvalue weighted by Crippen LogP contribution is -2.29. The van der Waals surface area contributed by atoms with Crippen molar-refractivity contribution < 1.29 is 32.0 Å². The summed E-state index contributed by atoms with van der Waals surface area (Å²) in [5, 5.41) is -0.786. The van der Waals surface area contributed by atoms with Crippen LogP contribution in [0.25, 0.3) is 0 Å². The molecule has 1 aliphatic heterocycles. The second-order valence-electron chi connectivity index (χ2n) is 3.93. The lowest BCUT2D eigenvalue weighted by molar-refractivity contribution is -0.274. The molecular formula is C11H8F3NO4S. The molecule has 1 aromatic rings. The fourth-order valence-electron chi connectivity index (χ4n) is 1.61. The van der Waals surface area contributed by atoms with Crippen LogP contribution in [-0.2, 0) is 22.5 Å². The number of rotatable bonds is 3. The van der Waals surface area contributed by atoms with Crippen LogP contribution in [0, 0.1) is 0 Å². The van der Waals surface area contributed by atoms with E-state index in [9.17, 15) is 27.3 Å². The standard InChI is InChI=1S/C11H8F3NO4S/c12-11(13,14)19-8-3-1-7(2-4-8)5-15-9(16)6-20(18)10(15)17/h1-4H,5-6H2. The number of nitrogens with zero attached hydrogens (tertiary/aromatic N) is 1. The molecule has 1 saturated heterocycles. The molecule has 1 unspecified atom stereocenters. The first-order valence-electron chi connectivity index (χ1n) is 5.33. The minimum absolute atomic E-state index is 0.129. The summed E-state index contributed by atoms with van der Waals surface area (Å²) >= 11 is -1.86. The van der Waals surface area contributed by atoms with Gasteiger partial charge in [-0.15, -0.1) is 13.2 Å². The van der Waals surface area contributed by atoms with Gasteiger partial charge in [0, 0.05) is 0 Å². The molecule has 1 aromatic carbocycles. The Morgan fingerprint density at radius 2 is 1.85 bits per heavy atom. The van der Waals surface area contributed by atoms with Gasteiger partial charge in [-0.3, -0.25) is 4.79 Å². The van der Waals surface area contributed by atoms with Crippen molar-refractivity contribution in [2.24, 2.45) is 0 Å². The van der Waals surface area contributed by atoms with E-state index in [2.05, 4.69) is 4.74 Å². The van der Waals surface area contributed by atoms with Gasteiger partial charge in [0.1, 0.15) is 5.75 Å². The van der Waals surface area contributed by atoms with Gasteiger partial charge in [0.25, 0.3) is 5.91 Å². The normalized spacial score (nSPS) is 19.6. The van der Waals surface area contributed by atoms with Crippen LogP contribution in [0.1, 0.15) is 5.56 Å². The quantitative estimate of drug-likeness (QED) is 0.798. The summed E-state index contributed by atoms with van der Waals surface area (Å²) < 4.78 is 50.7. The van der Waals surface area contributed by atoms with Crippen LogP contribution < -0.4 is 4.74 Å². The average molecular weight is 307 g/mol. The predicted molar refractivity (Wildman–Crippen MR) is 62.1 cm³/mol. The molecule has 9 heteroatoms. The summed E-state index contributed by atoms with van der Waals surface area (Å²) in [7, 11) is 0. The van der Waals surface area contributed by atoms with Gasteiger partial charge in [-0.25, -0.2) is 9.69 Å². The number of ether oxygens (including phenoxy) is 1. The maximum Gasteiger partial charge on any atom is 0.573 e. The van der Waals surface area contributed by atoms with Crippen LogP contribution in [-0.4, -0.2) is 32.7 Å². The van der Waals surface area contributed by atoms with Gasteiger partial charge in [-0.2, -0.15) is 0 Å². The van der Waals surface area contributed by atoms with Crippen LogP contribution >= 0.6 is 0 Å². The van der Waals surface area contributed by atoms with Gasteiger partial charge in [-0.05, 0) is 17.7 Å². The molecule has 0 N–H and O–H groups in total. The van der Waals surface area contributed by atoms with Crippen molar-refractivity contribution in [3.05, 3.63) is 29.8 Å². The minimum atomic E-state index is -4.78. The first-order valence-corrected chi connectivity index (χ1v) is 6.65. The number of hydrogen-bond donors (Lipinski definition) is 0. The van der Waals surface area contributed by atoms with Crippen molar-refractivity contribution in [3.63, 3.8) is 0 Å². The molecule has 1 heterocycles. The Bertz CT molecular complexity index is 531. The van der Waals surface area contributed by atoms with Gasteiger partial charge in [0.2, 0.25) is 0 Å². The molecule has 0 radical (unpaired) electrons. The molecule has 1 atom stereocenters. The van der Waals surface area contributed by atoms with Crippen molar-refractivity contribution in [2.45, 2.75) is 12.9 Å². The van der Waals surface area contributed by atoms with E-state index in [1.54, 1.807) is 0 Å². The Morgan fingerprint density at radius 3 is 2.30 bits per heavy atom. The third-order valence-corrected chi connectivity index (χ3v) is 3.59. The predicted octanol–water partition coefficient (Wildman–Crippen LogP) is 1.80. The first kappa shape index (κ1) is 14.7. The third-order valence-electron chi connectivity index (χ3n) is 2.47. The van der Waals surface area contributed by atoms with E-state index in [1.165, 1.54) is 12.1 Å². The Kier molecular flexibility index (Phi) is 3.91. The lowest BCUT2D eigenvalue weighted by Gasteiger charge is -2.12. The molecule has 5 nitrogen and oxygen atoms in total. The second kappa shape index (κ2) is 5.33. The number of halogens is 3. The van der Waals surface area contributed by atoms with E-state index in [4.69, 9.17) is 0 Å². The molecule has 2 amide bonds. The average Bonchev–Trinajstić information content (AvgIpc) is 2.56. The highest BCUT2D eigenvalue weighted by atomic mass is 32.2. The maximum atomic E-state index is 12.0. The zero-order valence-electron chi connectivity index (χ0n) is 9.85. The Hall–Kier alpha value is -1.74. The molecule has 1 aliphatic rings. The van der Waals surface area contributed by atoms with E-state index in [-0.39, 0.29) is 12.3 Å². The van der Waals surface area contributed by atoms with Gasteiger partial charge in [0.05, 0.1) is 17.7 Å². The number of alkyl halides is 3. The first-order chi connectivity index (χ1) is 9.26. The van der Waals surface area contributed by atoms with Crippen LogP contribution in [0.4, 0.5) is 18.0 Å². The number of amides is 2. The maximum absolute atomic E-state index is 12.0. The van der Waals surface area contributed by atoms with Gasteiger partial charge >= 0.3 is 11.6 Å². The minimum Gasteiger partial charge on any atom is -0.607 e. The molecular weight excluding hydrogens is 299 g/mol. The van der Waals surface area contributed by atoms with E-state index in [1.807, 2.05) is 0 Å². The molecule has 0 aromatic heterocycles. The van der Waals surface area contributed by atoms with E-state index < -0.39 is 34.4 Å². The van der Waals surface area contributed by atoms with Crippen LogP contribution in [0.2, 0.25) is 0 Å². The summed E-state index contributed by atoms with van der Waals surface area (Å²) in [6.45, 7) is -0.129. The van der Waals surface area contributed by atoms with Crippen LogP contribution in [0.3, 0.4) is 0 Å². The SMILES string of the molecule is O=C1C[S+]([O-])C(=O)N1Cc1ccc(OC(F)(F)F)cc1. The Labute approximate surface area is 114 Å². The molecule has 0 aliphatic carbocycles. The number of carbonyl (C=O) groups is 2. The van der Waals surface area contributed by atoms with Crippen molar-refractivity contribution in [1.29, 1.82) is 0 Å². The summed E-state index contributed by atoms with van der Waals surface area (Å²) in [6.07, 6.45) is -4.78. The molecule has 0 saturated carbocycles. The molecule has 0 bridgehead atoms. The van der Waals surface area contributed by atoms with Crippen molar-refractivity contribution in [1.82, 2.24) is 4.90 Å².